The minimum Gasteiger partial charge on any atom is -0.377 e. The molecule has 8 heavy (non-hydrogen) atoms. The standard InChI is InChI=1S/C6H15OSi/c1-3-4-5-7-6(2)8/h3-5H2,1-2,8H3. The van der Waals surface area contributed by atoms with Crippen LogP contribution in [-0.2, 0) is 4.74 Å². The largest absolute Gasteiger partial charge is 0.377 e. The van der Waals surface area contributed by atoms with Crippen LogP contribution in [0.4, 0.5) is 0 Å². The van der Waals surface area contributed by atoms with E-state index in [0.29, 0.717) is 0 Å². The van der Waals surface area contributed by atoms with Crippen LogP contribution in [0.5, 0.6) is 0 Å². The molecule has 1 nitrogen and oxygen atoms in total. The molecule has 0 aliphatic rings. The molecule has 0 saturated heterocycles. The third-order valence-corrected chi connectivity index (χ3v) is 1.18. The maximum atomic E-state index is 5.26. The van der Waals surface area contributed by atoms with Gasteiger partial charge in [0.2, 0.25) is 0 Å². The second-order valence-corrected chi connectivity index (χ2v) is 3.52. The Labute approximate surface area is 54.8 Å². The Kier molecular flexibility index (Phi) is 5.43. The van der Waals surface area contributed by atoms with Crippen molar-refractivity contribution in [3.63, 3.8) is 0 Å². The lowest BCUT2D eigenvalue weighted by Gasteiger charge is -2.03. The minimum absolute atomic E-state index is 0.922. The van der Waals surface area contributed by atoms with Gasteiger partial charge in [0.05, 0.1) is 5.73 Å². The predicted octanol–water partition coefficient (Wildman–Crippen LogP) is 0.678. The van der Waals surface area contributed by atoms with Crippen molar-refractivity contribution >= 4 is 10.2 Å². The highest BCUT2D eigenvalue weighted by atomic mass is 28.1. The van der Waals surface area contributed by atoms with E-state index in [9.17, 15) is 0 Å². The summed E-state index contributed by atoms with van der Waals surface area (Å²) in [4.78, 5) is 0. The third kappa shape index (κ3) is 6.18. The van der Waals surface area contributed by atoms with E-state index < -0.39 is 0 Å². The summed E-state index contributed by atoms with van der Waals surface area (Å²) in [6.45, 7) is 5.14. The maximum Gasteiger partial charge on any atom is 0.0697 e. The molecule has 0 N–H and O–H groups in total. The number of hydrogen-bond acceptors (Lipinski definition) is 1. The van der Waals surface area contributed by atoms with E-state index in [0.717, 1.165) is 16.8 Å². The number of rotatable bonds is 4. The second kappa shape index (κ2) is 5.32. The van der Waals surface area contributed by atoms with E-state index in [2.05, 4.69) is 6.92 Å². The van der Waals surface area contributed by atoms with E-state index in [-0.39, 0.29) is 0 Å². The zero-order valence-corrected chi connectivity index (χ0v) is 8.03. The predicted molar refractivity (Wildman–Crippen MR) is 39.7 cm³/mol. The molecule has 49 valence electrons. The van der Waals surface area contributed by atoms with E-state index in [1.165, 1.54) is 18.6 Å². The molecule has 0 unspecified atom stereocenters. The van der Waals surface area contributed by atoms with Gasteiger partial charge in [-0.25, -0.2) is 0 Å². The average Bonchev–Trinajstić information content (AvgIpc) is 1.66. The first kappa shape index (κ1) is 8.18. The highest BCUT2D eigenvalue weighted by molar-refractivity contribution is 6.16. The highest BCUT2D eigenvalue weighted by Crippen LogP contribution is 1.95. The molecule has 2 heteroatoms. The van der Waals surface area contributed by atoms with Gasteiger partial charge in [0.25, 0.3) is 0 Å². The first-order valence-corrected chi connectivity index (χ1v) is 4.20. The van der Waals surface area contributed by atoms with E-state index >= 15 is 0 Å². The first-order chi connectivity index (χ1) is 3.77. The molecular formula is C6H15OSi. The van der Waals surface area contributed by atoms with E-state index in [4.69, 9.17) is 4.74 Å². The molecule has 0 rings (SSSR count). The molecule has 0 aromatic carbocycles. The molecule has 0 fully saturated rings. The van der Waals surface area contributed by atoms with Gasteiger partial charge in [-0.05, 0) is 13.3 Å². The van der Waals surface area contributed by atoms with Crippen molar-refractivity contribution in [3.8, 4) is 0 Å². The normalized spacial score (nSPS) is 10.9. The number of unbranched alkanes of at least 4 members (excludes halogenated alkanes) is 1. The maximum absolute atomic E-state index is 5.26. The van der Waals surface area contributed by atoms with Crippen LogP contribution >= 0.6 is 0 Å². The molecule has 0 amide bonds. The zero-order valence-electron chi connectivity index (χ0n) is 6.03. The summed E-state index contributed by atoms with van der Waals surface area (Å²) in [6.07, 6.45) is 2.43. The first-order valence-electron chi connectivity index (χ1n) is 3.20. The van der Waals surface area contributed by atoms with Gasteiger partial charge >= 0.3 is 0 Å². The number of ether oxygens (including phenoxy) is 1. The molecule has 0 atom stereocenters. The van der Waals surface area contributed by atoms with Crippen molar-refractivity contribution in [1.29, 1.82) is 0 Å². The second-order valence-electron chi connectivity index (χ2n) is 2.11. The fraction of sp³-hybridized carbons (Fsp3) is 0.833. The molecule has 0 aromatic rings. The molecule has 0 bridgehead atoms. The molecule has 0 saturated carbocycles. The summed E-state index contributed by atoms with van der Waals surface area (Å²) in [7, 11) is 1.08. The van der Waals surface area contributed by atoms with Crippen molar-refractivity contribution in [3.05, 3.63) is 5.73 Å². The lowest BCUT2D eigenvalue weighted by molar-refractivity contribution is 0.182. The summed E-state index contributed by atoms with van der Waals surface area (Å²) in [5.74, 6) is 0. The molecular weight excluding hydrogens is 116 g/mol. The summed E-state index contributed by atoms with van der Waals surface area (Å²) >= 11 is 0. The Balaban J connectivity index is 2.72. The smallest absolute Gasteiger partial charge is 0.0697 e. The zero-order chi connectivity index (χ0) is 6.41. The Morgan fingerprint density at radius 2 is 2.25 bits per heavy atom. The van der Waals surface area contributed by atoms with Crippen LogP contribution in [-0.4, -0.2) is 16.8 Å². The van der Waals surface area contributed by atoms with Crippen LogP contribution in [0.25, 0.3) is 0 Å². The minimum atomic E-state index is 0.922. The van der Waals surface area contributed by atoms with Crippen LogP contribution in [0.1, 0.15) is 26.7 Å². The van der Waals surface area contributed by atoms with Crippen molar-refractivity contribution in [2.45, 2.75) is 26.7 Å². The molecule has 1 radical (unpaired) electrons. The summed E-state index contributed by atoms with van der Waals surface area (Å²) < 4.78 is 5.26. The summed E-state index contributed by atoms with van der Waals surface area (Å²) in [5.41, 5.74) is 1.21. The fourth-order valence-corrected chi connectivity index (χ4v) is 0.625. The van der Waals surface area contributed by atoms with Gasteiger partial charge < -0.3 is 4.74 Å². The Morgan fingerprint density at radius 3 is 2.62 bits per heavy atom. The van der Waals surface area contributed by atoms with Gasteiger partial charge in [-0.3, -0.25) is 0 Å². The third-order valence-electron chi connectivity index (χ3n) is 0.889. The van der Waals surface area contributed by atoms with Gasteiger partial charge in [-0.1, -0.05) is 13.3 Å². The molecule has 0 aliphatic heterocycles. The average molecular weight is 131 g/mol. The van der Waals surface area contributed by atoms with Crippen LogP contribution in [0.15, 0.2) is 0 Å². The van der Waals surface area contributed by atoms with E-state index in [1.807, 2.05) is 6.92 Å². The van der Waals surface area contributed by atoms with Crippen molar-refractivity contribution in [2.75, 3.05) is 6.61 Å². The van der Waals surface area contributed by atoms with E-state index in [1.54, 1.807) is 0 Å². The summed E-state index contributed by atoms with van der Waals surface area (Å²) in [5, 5.41) is 0. The summed E-state index contributed by atoms with van der Waals surface area (Å²) in [6, 6.07) is 0. The van der Waals surface area contributed by atoms with Gasteiger partial charge in [-0.15, -0.1) is 0 Å². The lowest BCUT2D eigenvalue weighted by Crippen LogP contribution is -1.98. The van der Waals surface area contributed by atoms with Gasteiger partial charge in [0.1, 0.15) is 0 Å². The Morgan fingerprint density at radius 1 is 1.62 bits per heavy atom. The van der Waals surface area contributed by atoms with Crippen molar-refractivity contribution < 1.29 is 4.74 Å². The quantitative estimate of drug-likeness (QED) is 0.403. The van der Waals surface area contributed by atoms with Gasteiger partial charge in [0, 0.05) is 16.8 Å². The SMILES string of the molecule is CCCCO[C](C)[SiH3]. The van der Waals surface area contributed by atoms with Crippen LogP contribution in [0.2, 0.25) is 0 Å². The van der Waals surface area contributed by atoms with Crippen molar-refractivity contribution in [2.24, 2.45) is 0 Å². The lowest BCUT2D eigenvalue weighted by atomic mass is 10.4. The fourth-order valence-electron chi connectivity index (χ4n) is 0.421. The molecule has 0 aliphatic carbocycles. The van der Waals surface area contributed by atoms with Crippen LogP contribution in [0, 0.1) is 5.73 Å². The van der Waals surface area contributed by atoms with Crippen molar-refractivity contribution in [1.82, 2.24) is 0 Å². The van der Waals surface area contributed by atoms with Crippen LogP contribution in [0.3, 0.4) is 0 Å². The Bertz CT molecular complexity index is 45.8. The van der Waals surface area contributed by atoms with Gasteiger partial charge in [-0.2, -0.15) is 0 Å². The molecule has 0 aromatic heterocycles. The van der Waals surface area contributed by atoms with Crippen LogP contribution < -0.4 is 0 Å². The Hall–Kier alpha value is 0.177. The topological polar surface area (TPSA) is 9.23 Å². The molecule has 0 heterocycles. The number of hydrogen-bond donors (Lipinski definition) is 0. The monoisotopic (exact) mass is 131 g/mol. The van der Waals surface area contributed by atoms with Gasteiger partial charge in [0.15, 0.2) is 0 Å². The highest BCUT2D eigenvalue weighted by Gasteiger charge is 1.90. The molecule has 0 spiro atoms.